The fraction of sp³-hybridized carbons (Fsp3) is 0.619. The van der Waals surface area contributed by atoms with Gasteiger partial charge in [-0.05, 0) is 63.6 Å². The fourth-order valence-electron chi connectivity index (χ4n) is 4.90. The van der Waals surface area contributed by atoms with Gasteiger partial charge in [-0.25, -0.2) is 4.39 Å². The largest absolute Gasteiger partial charge is 0.484 e. The second-order valence-electron chi connectivity index (χ2n) is 8.62. The number of piperidine rings is 1. The van der Waals surface area contributed by atoms with Crippen LogP contribution in [0.4, 0.5) is 4.39 Å². The molecule has 1 atom stereocenters. The Labute approximate surface area is 180 Å². The summed E-state index contributed by atoms with van der Waals surface area (Å²) < 4.78 is 24.5. The Kier molecular flexibility index (Phi) is 6.18. The van der Waals surface area contributed by atoms with Crippen LogP contribution in [0.5, 0.6) is 5.75 Å². The van der Waals surface area contributed by atoms with Crippen LogP contribution in [0, 0.1) is 5.82 Å². The number of hydrogen-bond acceptors (Lipinski definition) is 5. The monoisotopic (exact) mass is 439 g/mol. The van der Waals surface area contributed by atoms with Gasteiger partial charge in [0.05, 0.1) is 5.02 Å². The number of halogens is 2. The molecule has 5 rings (SSSR count). The first-order valence-electron chi connectivity index (χ1n) is 10.4. The van der Waals surface area contributed by atoms with Crippen molar-refractivity contribution in [3.63, 3.8) is 0 Å². The van der Waals surface area contributed by atoms with Gasteiger partial charge in [0.15, 0.2) is 6.61 Å². The smallest absolute Gasteiger partial charge is 0.258 e. The zero-order chi connectivity index (χ0) is 21.2. The normalized spacial score (nSPS) is 29.7. The predicted molar refractivity (Wildman–Crippen MR) is 109 cm³/mol. The van der Waals surface area contributed by atoms with Crippen molar-refractivity contribution in [3.05, 3.63) is 29.0 Å². The molecule has 2 amide bonds. The minimum Gasteiger partial charge on any atom is -0.484 e. The maximum Gasteiger partial charge on any atom is 0.258 e. The average molecular weight is 440 g/mol. The van der Waals surface area contributed by atoms with E-state index >= 15 is 0 Å². The Balaban J connectivity index is 1.18. The van der Waals surface area contributed by atoms with Crippen LogP contribution < -0.4 is 20.7 Å². The summed E-state index contributed by atoms with van der Waals surface area (Å²) >= 11 is 5.64. The Morgan fingerprint density at radius 1 is 1.13 bits per heavy atom. The van der Waals surface area contributed by atoms with E-state index in [0.29, 0.717) is 12.8 Å². The number of fused-ring (bicyclic) bond motifs is 1. The molecular weight excluding hydrogens is 413 g/mol. The molecule has 2 bridgehead atoms. The van der Waals surface area contributed by atoms with Crippen molar-refractivity contribution in [2.45, 2.75) is 62.3 Å². The molecule has 1 saturated heterocycles. The summed E-state index contributed by atoms with van der Waals surface area (Å²) in [6, 6.07) is 4.05. The summed E-state index contributed by atoms with van der Waals surface area (Å²) in [5.74, 6) is -0.721. The van der Waals surface area contributed by atoms with Crippen molar-refractivity contribution >= 4 is 23.4 Å². The van der Waals surface area contributed by atoms with Gasteiger partial charge in [0.25, 0.3) is 5.91 Å². The summed E-state index contributed by atoms with van der Waals surface area (Å²) in [5.41, 5.74) is -0.557. The number of amides is 2. The lowest BCUT2D eigenvalue weighted by Gasteiger charge is -2.48. The van der Waals surface area contributed by atoms with Gasteiger partial charge in [-0.3, -0.25) is 14.9 Å². The van der Waals surface area contributed by atoms with E-state index < -0.39 is 5.82 Å². The molecule has 1 heterocycles. The highest BCUT2D eigenvalue weighted by Crippen LogP contribution is 2.55. The van der Waals surface area contributed by atoms with Crippen LogP contribution in [0.2, 0.25) is 5.02 Å². The molecule has 7 nitrogen and oxygen atoms in total. The molecule has 3 saturated carbocycles. The van der Waals surface area contributed by atoms with Crippen molar-refractivity contribution in [1.82, 2.24) is 16.0 Å². The lowest BCUT2D eigenvalue weighted by Crippen LogP contribution is -2.65. The summed E-state index contributed by atoms with van der Waals surface area (Å²) in [6.45, 7) is 0.768. The van der Waals surface area contributed by atoms with Gasteiger partial charge in [-0.1, -0.05) is 11.6 Å². The van der Waals surface area contributed by atoms with Crippen molar-refractivity contribution in [2.24, 2.45) is 0 Å². The zero-order valence-electron chi connectivity index (χ0n) is 16.8. The maximum absolute atomic E-state index is 13.4. The number of nitrogens with one attached hydrogen (secondary N) is 3. The number of ether oxygens (including phenoxy) is 2. The lowest BCUT2D eigenvalue weighted by molar-refractivity contribution is -0.132. The molecule has 0 spiro atoms. The minimum absolute atomic E-state index is 0.00454. The molecule has 1 unspecified atom stereocenters. The van der Waals surface area contributed by atoms with E-state index in [4.69, 9.17) is 21.1 Å². The third-order valence-corrected chi connectivity index (χ3v) is 6.49. The maximum atomic E-state index is 13.4. The highest BCUT2D eigenvalue weighted by molar-refractivity contribution is 6.30. The van der Waals surface area contributed by atoms with Crippen LogP contribution in [0.25, 0.3) is 0 Å². The zero-order valence-corrected chi connectivity index (χ0v) is 17.5. The Morgan fingerprint density at radius 3 is 2.47 bits per heavy atom. The van der Waals surface area contributed by atoms with Crippen LogP contribution in [0.1, 0.15) is 44.9 Å². The molecule has 1 aliphatic heterocycles. The van der Waals surface area contributed by atoms with E-state index in [-0.39, 0.29) is 53.1 Å². The molecule has 0 radical (unpaired) electrons. The molecule has 0 aromatic heterocycles. The van der Waals surface area contributed by atoms with Crippen molar-refractivity contribution in [1.29, 1.82) is 0 Å². The van der Waals surface area contributed by atoms with Crippen molar-refractivity contribution in [2.75, 3.05) is 19.8 Å². The molecule has 1 aromatic carbocycles. The van der Waals surface area contributed by atoms with Gasteiger partial charge in [-0.2, -0.15) is 0 Å². The third kappa shape index (κ3) is 4.87. The number of carbonyl (C=O) groups excluding carboxylic acids is 2. The number of carbonyl (C=O) groups is 2. The molecule has 3 aliphatic carbocycles. The number of benzene rings is 1. The van der Waals surface area contributed by atoms with E-state index in [9.17, 15) is 14.0 Å². The first-order valence-corrected chi connectivity index (χ1v) is 10.8. The molecular formula is C21H27ClFN3O4. The van der Waals surface area contributed by atoms with E-state index in [0.717, 1.165) is 44.7 Å². The van der Waals surface area contributed by atoms with Crippen molar-refractivity contribution < 1.29 is 23.5 Å². The SMILES string of the molecule is O=C(COc1ccc(Cl)c(F)c1)NC12CCC(NC(=O)COC3CCCCN3)(C1)C2. The van der Waals surface area contributed by atoms with Gasteiger partial charge in [0.2, 0.25) is 5.91 Å². The topological polar surface area (TPSA) is 88.7 Å². The lowest BCUT2D eigenvalue weighted by atomic mass is 9.71. The molecule has 4 fully saturated rings. The van der Waals surface area contributed by atoms with Gasteiger partial charge in [0, 0.05) is 17.1 Å². The summed E-state index contributed by atoms with van der Waals surface area (Å²) in [4.78, 5) is 24.6. The molecule has 4 aliphatic rings. The third-order valence-electron chi connectivity index (χ3n) is 6.19. The Morgan fingerprint density at radius 2 is 1.83 bits per heavy atom. The Hall–Kier alpha value is -1.90. The van der Waals surface area contributed by atoms with Gasteiger partial charge in [0.1, 0.15) is 24.4 Å². The number of rotatable bonds is 8. The van der Waals surface area contributed by atoms with Crippen LogP contribution in [0.15, 0.2) is 18.2 Å². The highest BCUT2D eigenvalue weighted by Gasteiger charge is 2.62. The minimum atomic E-state index is -0.591. The predicted octanol–water partition coefficient (Wildman–Crippen LogP) is 2.27. The van der Waals surface area contributed by atoms with Crippen LogP contribution >= 0.6 is 11.6 Å². The van der Waals surface area contributed by atoms with E-state index in [2.05, 4.69) is 16.0 Å². The van der Waals surface area contributed by atoms with Crippen LogP contribution in [-0.2, 0) is 14.3 Å². The highest BCUT2D eigenvalue weighted by atomic mass is 35.5. The quantitative estimate of drug-likeness (QED) is 0.578. The molecule has 1 aromatic rings. The molecule has 164 valence electrons. The standard InChI is InChI=1S/C21H27ClFN3O4/c22-15-5-4-14(9-16(15)23)29-10-17(27)25-20-6-7-21(12-20,13-20)26-18(28)11-30-19-3-1-2-8-24-19/h4-5,9,19,24H,1-3,6-8,10-13H2,(H,25,27)(H,26,28). The Bertz CT molecular complexity index is 809. The molecule has 9 heteroatoms. The molecule has 3 N–H and O–H groups in total. The van der Waals surface area contributed by atoms with Crippen LogP contribution in [0.3, 0.4) is 0 Å². The second kappa shape index (κ2) is 8.69. The van der Waals surface area contributed by atoms with Gasteiger partial charge in [-0.15, -0.1) is 0 Å². The summed E-state index contributed by atoms with van der Waals surface area (Å²) in [5, 5.41) is 9.38. The van der Waals surface area contributed by atoms with E-state index in [1.54, 1.807) is 0 Å². The molecule has 30 heavy (non-hydrogen) atoms. The summed E-state index contributed by atoms with van der Waals surface area (Å²) in [6.07, 6.45) is 6.18. The first kappa shape index (κ1) is 21.3. The average Bonchev–Trinajstić information content (AvgIpc) is 3.22. The number of hydrogen-bond donors (Lipinski definition) is 3. The van der Waals surface area contributed by atoms with Crippen LogP contribution in [-0.4, -0.2) is 48.9 Å². The van der Waals surface area contributed by atoms with Gasteiger partial charge < -0.3 is 20.1 Å². The summed E-state index contributed by atoms with van der Waals surface area (Å²) in [7, 11) is 0. The van der Waals surface area contributed by atoms with Gasteiger partial charge >= 0.3 is 0 Å². The second-order valence-corrected chi connectivity index (χ2v) is 9.03. The first-order chi connectivity index (χ1) is 14.4. The fourth-order valence-corrected chi connectivity index (χ4v) is 5.01. The van der Waals surface area contributed by atoms with Crippen molar-refractivity contribution in [3.8, 4) is 5.75 Å². The van der Waals surface area contributed by atoms with E-state index in [1.807, 2.05) is 0 Å². The van der Waals surface area contributed by atoms with E-state index in [1.165, 1.54) is 12.1 Å².